The van der Waals surface area contributed by atoms with E-state index in [0.717, 1.165) is 50.5 Å². The van der Waals surface area contributed by atoms with E-state index in [0.29, 0.717) is 6.54 Å². The first-order chi connectivity index (χ1) is 12.7. The fourth-order valence-corrected chi connectivity index (χ4v) is 3.52. The molecule has 1 aliphatic carbocycles. The summed E-state index contributed by atoms with van der Waals surface area (Å²) in [6.45, 7) is 4.02. The van der Waals surface area contributed by atoms with E-state index >= 15 is 0 Å². The maximum absolute atomic E-state index is 13.1. The standard InChI is InChI=1S/C20H24FN3O2/c21-16-5-7-17(8-6-16)23-9-11-24(12-10-23)18(19-2-1-13-26-19)14-22-20(25)15-3-4-15/h1-2,5-8,13,15,18H,3-4,9-12,14H2,(H,22,25)/t18-/m1/s1. The lowest BCUT2D eigenvalue weighted by atomic mass is 10.1. The maximum Gasteiger partial charge on any atom is 0.223 e. The zero-order valence-corrected chi connectivity index (χ0v) is 14.7. The van der Waals surface area contributed by atoms with Gasteiger partial charge in [0.2, 0.25) is 5.91 Å². The van der Waals surface area contributed by atoms with Crippen LogP contribution >= 0.6 is 0 Å². The number of amides is 1. The average molecular weight is 357 g/mol. The molecule has 1 atom stereocenters. The monoisotopic (exact) mass is 357 g/mol. The third kappa shape index (κ3) is 3.90. The number of furan rings is 1. The minimum Gasteiger partial charge on any atom is -0.468 e. The molecule has 1 aromatic heterocycles. The summed E-state index contributed by atoms with van der Waals surface area (Å²) in [5.41, 5.74) is 1.04. The van der Waals surface area contributed by atoms with Crippen molar-refractivity contribution < 1.29 is 13.6 Å². The number of nitrogens with one attached hydrogen (secondary N) is 1. The number of carbonyl (C=O) groups excluding carboxylic acids is 1. The Labute approximate surface area is 152 Å². The molecule has 4 rings (SSSR count). The van der Waals surface area contributed by atoms with Crippen LogP contribution in [0.2, 0.25) is 0 Å². The Morgan fingerprint density at radius 1 is 1.15 bits per heavy atom. The minimum atomic E-state index is -0.211. The van der Waals surface area contributed by atoms with Crippen LogP contribution in [0, 0.1) is 11.7 Å². The van der Waals surface area contributed by atoms with Gasteiger partial charge in [0.05, 0.1) is 12.3 Å². The number of anilines is 1. The van der Waals surface area contributed by atoms with Crippen molar-refractivity contribution >= 4 is 11.6 Å². The molecule has 2 heterocycles. The van der Waals surface area contributed by atoms with E-state index in [1.165, 1.54) is 12.1 Å². The SMILES string of the molecule is O=C(NC[C@H](c1ccco1)N1CCN(c2ccc(F)cc2)CC1)C1CC1. The lowest BCUT2D eigenvalue weighted by Gasteiger charge is -2.39. The number of hydrogen-bond donors (Lipinski definition) is 1. The molecule has 6 heteroatoms. The highest BCUT2D eigenvalue weighted by Crippen LogP contribution is 2.29. The topological polar surface area (TPSA) is 48.7 Å². The number of nitrogens with zero attached hydrogens (tertiary/aromatic N) is 2. The van der Waals surface area contributed by atoms with Crippen LogP contribution in [0.4, 0.5) is 10.1 Å². The third-order valence-electron chi connectivity index (χ3n) is 5.24. The summed E-state index contributed by atoms with van der Waals surface area (Å²) in [6.07, 6.45) is 3.70. The number of rotatable bonds is 6. The van der Waals surface area contributed by atoms with Crippen molar-refractivity contribution in [3.63, 3.8) is 0 Å². The molecule has 138 valence electrons. The largest absolute Gasteiger partial charge is 0.468 e. The number of carbonyl (C=O) groups is 1. The van der Waals surface area contributed by atoms with Crippen molar-refractivity contribution in [2.75, 3.05) is 37.6 Å². The first-order valence-electron chi connectivity index (χ1n) is 9.26. The van der Waals surface area contributed by atoms with Crippen LogP contribution in [0.25, 0.3) is 0 Å². The van der Waals surface area contributed by atoms with Crippen molar-refractivity contribution in [2.24, 2.45) is 5.92 Å². The van der Waals surface area contributed by atoms with E-state index in [-0.39, 0.29) is 23.7 Å². The van der Waals surface area contributed by atoms with Crippen molar-refractivity contribution in [3.8, 4) is 0 Å². The zero-order valence-electron chi connectivity index (χ0n) is 14.7. The number of hydrogen-bond acceptors (Lipinski definition) is 4. The van der Waals surface area contributed by atoms with Crippen LogP contribution in [-0.4, -0.2) is 43.5 Å². The highest BCUT2D eigenvalue weighted by molar-refractivity contribution is 5.80. The number of halogens is 1. The summed E-state index contributed by atoms with van der Waals surface area (Å²) in [6, 6.07) is 10.6. The van der Waals surface area contributed by atoms with E-state index < -0.39 is 0 Å². The average Bonchev–Trinajstić information content (AvgIpc) is 3.39. The van der Waals surface area contributed by atoms with Gasteiger partial charge in [-0.2, -0.15) is 0 Å². The molecule has 5 nitrogen and oxygen atoms in total. The van der Waals surface area contributed by atoms with Crippen LogP contribution in [0.5, 0.6) is 0 Å². The normalized spacial score (nSPS) is 19.3. The molecule has 1 aliphatic heterocycles. The number of benzene rings is 1. The molecule has 0 bridgehead atoms. The van der Waals surface area contributed by atoms with Crippen molar-refractivity contribution in [1.29, 1.82) is 0 Å². The third-order valence-corrected chi connectivity index (χ3v) is 5.24. The Hall–Kier alpha value is -2.34. The summed E-state index contributed by atoms with van der Waals surface area (Å²) in [7, 11) is 0. The molecule has 0 radical (unpaired) electrons. The smallest absolute Gasteiger partial charge is 0.223 e. The Morgan fingerprint density at radius 3 is 2.50 bits per heavy atom. The molecule has 2 aliphatic rings. The van der Waals surface area contributed by atoms with E-state index in [4.69, 9.17) is 4.42 Å². The summed E-state index contributed by atoms with van der Waals surface area (Å²) in [5, 5.41) is 3.08. The minimum absolute atomic E-state index is 0.0445. The second-order valence-corrected chi connectivity index (χ2v) is 7.05. The van der Waals surface area contributed by atoms with Crippen molar-refractivity contribution in [1.82, 2.24) is 10.2 Å². The van der Waals surface area contributed by atoms with Crippen molar-refractivity contribution in [2.45, 2.75) is 18.9 Å². The molecule has 1 N–H and O–H groups in total. The van der Waals surface area contributed by atoms with Gasteiger partial charge in [-0.25, -0.2) is 4.39 Å². The quantitative estimate of drug-likeness (QED) is 0.864. The predicted octanol–water partition coefficient (Wildman–Crippen LogP) is 2.81. The molecule has 1 saturated heterocycles. The fourth-order valence-electron chi connectivity index (χ4n) is 3.52. The van der Waals surface area contributed by atoms with Crippen LogP contribution in [-0.2, 0) is 4.79 Å². The Kier molecular flexibility index (Phi) is 4.93. The Bertz CT molecular complexity index is 720. The Balaban J connectivity index is 1.38. The van der Waals surface area contributed by atoms with Crippen molar-refractivity contribution in [3.05, 3.63) is 54.2 Å². The van der Waals surface area contributed by atoms with Crippen LogP contribution in [0.1, 0.15) is 24.6 Å². The second-order valence-electron chi connectivity index (χ2n) is 7.05. The molecule has 1 amide bonds. The molecule has 2 fully saturated rings. The summed E-state index contributed by atoms with van der Waals surface area (Å²) in [5.74, 6) is 1.04. The molecule has 1 aromatic carbocycles. The second kappa shape index (κ2) is 7.50. The zero-order chi connectivity index (χ0) is 17.9. The first kappa shape index (κ1) is 17.1. The van der Waals surface area contributed by atoms with Gasteiger partial charge < -0.3 is 14.6 Å². The van der Waals surface area contributed by atoms with E-state index in [1.807, 2.05) is 24.3 Å². The van der Waals surface area contributed by atoms with Gasteiger partial charge in [0.1, 0.15) is 11.6 Å². The van der Waals surface area contributed by atoms with E-state index in [1.54, 1.807) is 6.26 Å². The van der Waals surface area contributed by atoms with Gasteiger partial charge >= 0.3 is 0 Å². The van der Waals surface area contributed by atoms with E-state index in [2.05, 4.69) is 15.1 Å². The van der Waals surface area contributed by atoms with Crippen LogP contribution in [0.3, 0.4) is 0 Å². The first-order valence-corrected chi connectivity index (χ1v) is 9.26. The van der Waals surface area contributed by atoms with Gasteiger partial charge in [-0.3, -0.25) is 9.69 Å². The lowest BCUT2D eigenvalue weighted by molar-refractivity contribution is -0.122. The Morgan fingerprint density at radius 2 is 1.88 bits per heavy atom. The van der Waals surface area contributed by atoms with Gasteiger partial charge in [-0.1, -0.05) is 0 Å². The van der Waals surface area contributed by atoms with E-state index in [9.17, 15) is 9.18 Å². The highest BCUT2D eigenvalue weighted by Gasteiger charge is 2.32. The molecular weight excluding hydrogens is 333 g/mol. The van der Waals surface area contributed by atoms with Crippen LogP contribution in [0.15, 0.2) is 47.1 Å². The number of piperazine rings is 1. The molecule has 2 aromatic rings. The lowest BCUT2D eigenvalue weighted by Crippen LogP contribution is -2.50. The highest BCUT2D eigenvalue weighted by atomic mass is 19.1. The van der Waals surface area contributed by atoms with Gasteiger partial charge in [-0.15, -0.1) is 0 Å². The summed E-state index contributed by atoms with van der Waals surface area (Å²) >= 11 is 0. The predicted molar refractivity (Wildman–Crippen MR) is 97.4 cm³/mol. The van der Waals surface area contributed by atoms with Gasteiger partial charge in [0.15, 0.2) is 0 Å². The molecule has 26 heavy (non-hydrogen) atoms. The summed E-state index contributed by atoms with van der Waals surface area (Å²) in [4.78, 5) is 16.6. The molecule has 0 unspecified atom stereocenters. The molecular formula is C20H24FN3O2. The van der Waals surface area contributed by atoms with Gasteiger partial charge in [-0.05, 0) is 49.2 Å². The maximum atomic E-state index is 13.1. The summed E-state index contributed by atoms with van der Waals surface area (Å²) < 4.78 is 18.8. The molecule has 1 saturated carbocycles. The molecule has 0 spiro atoms. The van der Waals surface area contributed by atoms with Crippen LogP contribution < -0.4 is 10.2 Å². The van der Waals surface area contributed by atoms with Gasteiger partial charge in [0.25, 0.3) is 0 Å². The fraction of sp³-hybridized carbons (Fsp3) is 0.450. The van der Waals surface area contributed by atoms with Gasteiger partial charge in [0, 0.05) is 44.3 Å².